The van der Waals surface area contributed by atoms with E-state index >= 15 is 0 Å². The van der Waals surface area contributed by atoms with Gasteiger partial charge in [0.15, 0.2) is 11.5 Å². The number of rotatable bonds is 8. The molecule has 2 heterocycles. The molecule has 34 heavy (non-hydrogen) atoms. The molecule has 1 amide bonds. The first-order valence-corrected chi connectivity index (χ1v) is 10.3. The molecule has 2 aromatic carbocycles. The molecule has 0 atom stereocenters. The van der Waals surface area contributed by atoms with Gasteiger partial charge in [-0.15, -0.1) is 0 Å². The predicted octanol–water partition coefficient (Wildman–Crippen LogP) is 4.62. The number of anilines is 4. The molecule has 9 nitrogen and oxygen atoms in total. The van der Waals surface area contributed by atoms with E-state index in [1.54, 1.807) is 49.1 Å². The zero-order valence-corrected chi connectivity index (χ0v) is 18.9. The van der Waals surface area contributed by atoms with Crippen molar-refractivity contribution < 1.29 is 19.0 Å². The van der Waals surface area contributed by atoms with E-state index in [4.69, 9.17) is 14.2 Å². The average Bonchev–Trinajstić information content (AvgIpc) is 2.89. The number of hydrogen-bond acceptors (Lipinski definition) is 8. The largest absolute Gasteiger partial charge is 0.493 e. The van der Waals surface area contributed by atoms with Crippen LogP contribution in [0.5, 0.6) is 17.2 Å². The number of carbonyl (C=O) groups excluding carboxylic acids is 1. The highest BCUT2D eigenvalue weighted by molar-refractivity contribution is 6.05. The maximum Gasteiger partial charge on any atom is 0.255 e. The average molecular weight is 457 g/mol. The summed E-state index contributed by atoms with van der Waals surface area (Å²) in [4.78, 5) is 27.9. The van der Waals surface area contributed by atoms with Crippen LogP contribution in [0.3, 0.4) is 0 Å². The molecule has 0 spiro atoms. The van der Waals surface area contributed by atoms with Crippen molar-refractivity contribution >= 4 is 28.9 Å². The fourth-order valence-electron chi connectivity index (χ4n) is 3.41. The van der Waals surface area contributed by atoms with Crippen molar-refractivity contribution in [3.63, 3.8) is 0 Å². The lowest BCUT2D eigenvalue weighted by atomic mass is 10.1. The van der Waals surface area contributed by atoms with E-state index in [2.05, 4.69) is 20.3 Å². The van der Waals surface area contributed by atoms with Gasteiger partial charge in [0, 0.05) is 29.8 Å². The van der Waals surface area contributed by atoms with Crippen molar-refractivity contribution in [2.45, 2.75) is 0 Å². The summed E-state index contributed by atoms with van der Waals surface area (Å²) < 4.78 is 16.0. The van der Waals surface area contributed by atoms with Gasteiger partial charge >= 0.3 is 0 Å². The number of amides is 1. The van der Waals surface area contributed by atoms with Gasteiger partial charge in [-0.2, -0.15) is 0 Å². The third-order valence-corrected chi connectivity index (χ3v) is 4.95. The van der Waals surface area contributed by atoms with Gasteiger partial charge in [-0.25, -0.2) is 9.97 Å². The number of aromatic nitrogens is 3. The number of hydrogen-bond donors (Lipinski definition) is 1. The molecule has 0 radical (unpaired) electrons. The maximum absolute atomic E-state index is 13.1. The minimum atomic E-state index is -0.333. The summed E-state index contributed by atoms with van der Waals surface area (Å²) in [7, 11) is 4.51. The van der Waals surface area contributed by atoms with Gasteiger partial charge in [0.2, 0.25) is 11.7 Å². The fourth-order valence-corrected chi connectivity index (χ4v) is 3.41. The normalized spacial score (nSPS) is 10.3. The van der Waals surface area contributed by atoms with Crippen molar-refractivity contribution in [1.29, 1.82) is 0 Å². The van der Waals surface area contributed by atoms with Gasteiger partial charge in [0.1, 0.15) is 0 Å². The van der Waals surface area contributed by atoms with Crippen LogP contribution in [-0.2, 0) is 0 Å². The molecule has 1 N–H and O–H groups in total. The number of pyridine rings is 1. The van der Waals surface area contributed by atoms with Gasteiger partial charge < -0.3 is 19.5 Å². The summed E-state index contributed by atoms with van der Waals surface area (Å²) in [5, 5.41) is 2.92. The topological polar surface area (TPSA) is 98.7 Å². The number of benzene rings is 2. The highest BCUT2D eigenvalue weighted by Gasteiger charge is 2.19. The molecule has 0 aliphatic heterocycles. The third-order valence-electron chi connectivity index (χ3n) is 4.95. The predicted molar refractivity (Wildman–Crippen MR) is 129 cm³/mol. The Morgan fingerprint density at radius 3 is 2.15 bits per heavy atom. The summed E-state index contributed by atoms with van der Waals surface area (Å²) in [5.74, 6) is 1.34. The van der Waals surface area contributed by atoms with Crippen LogP contribution >= 0.6 is 0 Å². The fraction of sp³-hybridized carbons (Fsp3) is 0.120. The van der Waals surface area contributed by atoms with Crippen molar-refractivity contribution in [1.82, 2.24) is 15.0 Å². The van der Waals surface area contributed by atoms with Gasteiger partial charge in [0.05, 0.1) is 38.9 Å². The molecule has 4 rings (SSSR count). The molecule has 0 bridgehead atoms. The zero-order valence-electron chi connectivity index (χ0n) is 18.9. The van der Waals surface area contributed by atoms with Crippen LogP contribution in [-0.4, -0.2) is 42.2 Å². The molecule has 9 heteroatoms. The summed E-state index contributed by atoms with van der Waals surface area (Å²) >= 11 is 0. The van der Waals surface area contributed by atoms with Crippen molar-refractivity contribution in [3.8, 4) is 17.2 Å². The Labute approximate surface area is 197 Å². The molecule has 0 unspecified atom stereocenters. The standard InChI is InChI=1S/C25H23N5O4/c1-32-21-13-17(14-22(33-2)23(21)34-3)24(31)29-18-7-4-8-19(15-18)30(20-9-5-10-26-16-20)25-27-11-6-12-28-25/h4-16H,1-3H3,(H,29,31). The van der Waals surface area contributed by atoms with Crippen LogP contribution in [0.15, 0.2) is 79.4 Å². The van der Waals surface area contributed by atoms with Gasteiger partial charge in [-0.3, -0.25) is 14.7 Å². The van der Waals surface area contributed by atoms with E-state index in [0.717, 1.165) is 11.4 Å². The lowest BCUT2D eigenvalue weighted by Gasteiger charge is -2.23. The van der Waals surface area contributed by atoms with Crippen LogP contribution < -0.4 is 24.4 Å². The first kappa shape index (κ1) is 22.5. The van der Waals surface area contributed by atoms with Crippen LogP contribution in [0.4, 0.5) is 23.0 Å². The van der Waals surface area contributed by atoms with E-state index < -0.39 is 0 Å². The van der Waals surface area contributed by atoms with Crippen molar-refractivity contribution in [2.24, 2.45) is 0 Å². The Kier molecular flexibility index (Phi) is 6.83. The second kappa shape index (κ2) is 10.3. The quantitative estimate of drug-likeness (QED) is 0.409. The first-order valence-electron chi connectivity index (χ1n) is 10.3. The number of nitrogens with zero attached hydrogens (tertiary/aromatic N) is 4. The molecule has 0 aliphatic rings. The van der Waals surface area contributed by atoms with E-state index in [1.807, 2.05) is 35.2 Å². The first-order chi connectivity index (χ1) is 16.6. The van der Waals surface area contributed by atoms with Gasteiger partial charge in [-0.05, 0) is 48.5 Å². The van der Waals surface area contributed by atoms with Crippen molar-refractivity contribution in [3.05, 3.63) is 84.9 Å². The zero-order chi connectivity index (χ0) is 23.9. The van der Waals surface area contributed by atoms with E-state index in [1.165, 1.54) is 21.3 Å². The number of ether oxygens (including phenoxy) is 3. The Bertz CT molecular complexity index is 1200. The molecular formula is C25H23N5O4. The molecule has 2 aromatic heterocycles. The molecule has 0 fully saturated rings. The van der Waals surface area contributed by atoms with Crippen LogP contribution in [0.2, 0.25) is 0 Å². The van der Waals surface area contributed by atoms with Crippen LogP contribution in [0, 0.1) is 0 Å². The Hall–Kier alpha value is -4.66. The monoisotopic (exact) mass is 457 g/mol. The second-order valence-corrected chi connectivity index (χ2v) is 7.01. The minimum Gasteiger partial charge on any atom is -0.493 e. The summed E-state index contributed by atoms with van der Waals surface area (Å²) in [6.07, 6.45) is 6.75. The molecular weight excluding hydrogens is 434 g/mol. The van der Waals surface area contributed by atoms with E-state index in [0.29, 0.717) is 34.4 Å². The minimum absolute atomic E-state index is 0.333. The lowest BCUT2D eigenvalue weighted by molar-refractivity contribution is 0.102. The SMILES string of the molecule is COc1cc(C(=O)Nc2cccc(N(c3cccnc3)c3ncccn3)c2)cc(OC)c1OC. The second-order valence-electron chi connectivity index (χ2n) is 7.01. The summed E-state index contributed by atoms with van der Waals surface area (Å²) in [6.45, 7) is 0. The highest BCUT2D eigenvalue weighted by atomic mass is 16.5. The number of methoxy groups -OCH3 is 3. The number of carbonyl (C=O) groups is 1. The Morgan fingerprint density at radius 2 is 1.53 bits per heavy atom. The van der Waals surface area contributed by atoms with E-state index in [-0.39, 0.29) is 5.91 Å². The smallest absolute Gasteiger partial charge is 0.255 e. The molecule has 172 valence electrons. The Balaban J connectivity index is 1.67. The molecule has 0 saturated carbocycles. The molecule has 0 saturated heterocycles. The molecule has 0 aliphatic carbocycles. The summed E-state index contributed by atoms with van der Waals surface area (Å²) in [5.41, 5.74) is 2.47. The number of nitrogens with one attached hydrogen (secondary N) is 1. The van der Waals surface area contributed by atoms with E-state index in [9.17, 15) is 4.79 Å². The van der Waals surface area contributed by atoms with Crippen LogP contribution in [0.1, 0.15) is 10.4 Å². The maximum atomic E-state index is 13.1. The van der Waals surface area contributed by atoms with Gasteiger partial charge in [0.25, 0.3) is 5.91 Å². The third kappa shape index (κ3) is 4.73. The highest BCUT2D eigenvalue weighted by Crippen LogP contribution is 2.38. The Morgan fingerprint density at radius 1 is 0.824 bits per heavy atom. The molecule has 4 aromatic rings. The van der Waals surface area contributed by atoms with Crippen molar-refractivity contribution in [2.75, 3.05) is 31.5 Å². The van der Waals surface area contributed by atoms with Crippen LogP contribution in [0.25, 0.3) is 0 Å². The van der Waals surface area contributed by atoms with Gasteiger partial charge in [-0.1, -0.05) is 6.07 Å². The summed E-state index contributed by atoms with van der Waals surface area (Å²) in [6, 6.07) is 16.1. The lowest BCUT2D eigenvalue weighted by Crippen LogP contribution is -2.15.